The van der Waals surface area contributed by atoms with Crippen LogP contribution in [0.15, 0.2) is 54.7 Å². The van der Waals surface area contributed by atoms with Crippen LogP contribution in [0.2, 0.25) is 0 Å². The number of hydrogen-bond donors (Lipinski definition) is 3. The number of carbonyl (C=O) groups is 2. The molecule has 1 fully saturated rings. The highest BCUT2D eigenvalue weighted by Gasteiger charge is 2.16. The molecule has 30 heavy (non-hydrogen) atoms. The Balaban J connectivity index is 1.38. The van der Waals surface area contributed by atoms with Gasteiger partial charge >= 0.3 is 0 Å². The van der Waals surface area contributed by atoms with E-state index in [1.165, 1.54) is 25.7 Å². The predicted molar refractivity (Wildman–Crippen MR) is 117 cm³/mol. The maximum Gasteiger partial charge on any atom is 0.274 e. The summed E-state index contributed by atoms with van der Waals surface area (Å²) in [4.78, 5) is 23.9. The average molecular weight is 405 g/mol. The summed E-state index contributed by atoms with van der Waals surface area (Å²) in [6.45, 7) is 0.642. The molecule has 6 heteroatoms. The third kappa shape index (κ3) is 4.71. The molecule has 0 spiro atoms. The van der Waals surface area contributed by atoms with Gasteiger partial charge in [-0.3, -0.25) is 14.8 Å². The lowest BCUT2D eigenvalue weighted by Crippen LogP contribution is -2.18. The van der Waals surface area contributed by atoms with Crippen LogP contribution in [0.1, 0.15) is 54.4 Å². The molecule has 1 heterocycles. The predicted octanol–water partition coefficient (Wildman–Crippen LogP) is 4.72. The van der Waals surface area contributed by atoms with Crippen molar-refractivity contribution in [2.24, 2.45) is 5.92 Å². The summed E-state index contributed by atoms with van der Waals surface area (Å²) in [6.07, 6.45) is 8.70. The van der Waals surface area contributed by atoms with Crippen molar-refractivity contribution in [3.63, 3.8) is 0 Å². The zero-order valence-electron chi connectivity index (χ0n) is 16.9. The van der Waals surface area contributed by atoms with Crippen LogP contribution in [0.4, 0.5) is 5.69 Å². The highest BCUT2D eigenvalue weighted by molar-refractivity contribution is 5.97. The van der Waals surface area contributed by atoms with Crippen molar-refractivity contribution in [3.8, 4) is 0 Å². The first-order valence-corrected chi connectivity index (χ1v) is 10.5. The molecule has 0 bridgehead atoms. The molecule has 1 aliphatic rings. The summed E-state index contributed by atoms with van der Waals surface area (Å²) in [7, 11) is 0. The summed E-state index contributed by atoms with van der Waals surface area (Å²) < 4.78 is 2.05. The third-order valence-corrected chi connectivity index (χ3v) is 5.98. The molecule has 0 saturated heterocycles. The van der Waals surface area contributed by atoms with Gasteiger partial charge in [-0.15, -0.1) is 0 Å². The Hall–Kier alpha value is -3.12. The second kappa shape index (κ2) is 9.13. The van der Waals surface area contributed by atoms with E-state index in [-0.39, 0.29) is 5.91 Å². The topological polar surface area (TPSA) is 83.4 Å². The third-order valence-electron chi connectivity index (χ3n) is 5.98. The van der Waals surface area contributed by atoms with Gasteiger partial charge in [-0.25, -0.2) is 5.48 Å². The quantitative estimate of drug-likeness (QED) is 0.393. The number of aromatic nitrogens is 1. The number of rotatable bonds is 7. The molecule has 1 aromatic heterocycles. The lowest BCUT2D eigenvalue weighted by atomic mass is 10.0. The van der Waals surface area contributed by atoms with Crippen LogP contribution in [-0.2, 0) is 11.3 Å². The molecular formula is C24H27N3O3. The molecule has 2 amide bonds. The standard InChI is InChI=1S/C24H27N3O3/c28-23(12-7-17-3-1-2-4-17)25-21-10-5-18(6-11-21)16-27-14-13-19-8-9-20(15-22(19)27)24(29)26-30/h5-6,8-11,13-15,17,30H,1-4,7,12,16H2,(H,25,28)(H,26,29). The van der Waals surface area contributed by atoms with Gasteiger partial charge in [0.2, 0.25) is 5.91 Å². The van der Waals surface area contributed by atoms with E-state index in [0.29, 0.717) is 18.5 Å². The first-order valence-electron chi connectivity index (χ1n) is 10.5. The van der Waals surface area contributed by atoms with E-state index in [9.17, 15) is 9.59 Å². The van der Waals surface area contributed by atoms with E-state index >= 15 is 0 Å². The van der Waals surface area contributed by atoms with E-state index in [1.807, 2.05) is 42.6 Å². The lowest BCUT2D eigenvalue weighted by Gasteiger charge is -2.10. The van der Waals surface area contributed by atoms with Gasteiger partial charge in [-0.2, -0.15) is 0 Å². The summed E-state index contributed by atoms with van der Waals surface area (Å²) in [6, 6.07) is 15.2. The van der Waals surface area contributed by atoms with Crippen LogP contribution >= 0.6 is 0 Å². The van der Waals surface area contributed by atoms with Crippen LogP contribution in [-0.4, -0.2) is 21.6 Å². The molecule has 0 aliphatic heterocycles. The number of anilines is 1. The minimum absolute atomic E-state index is 0.0840. The molecule has 0 radical (unpaired) electrons. The Morgan fingerprint density at radius 1 is 1.03 bits per heavy atom. The largest absolute Gasteiger partial charge is 0.343 e. The zero-order chi connectivity index (χ0) is 20.9. The molecular weight excluding hydrogens is 378 g/mol. The smallest absolute Gasteiger partial charge is 0.274 e. The minimum atomic E-state index is -0.530. The van der Waals surface area contributed by atoms with E-state index < -0.39 is 5.91 Å². The molecule has 1 saturated carbocycles. The zero-order valence-corrected chi connectivity index (χ0v) is 16.9. The Morgan fingerprint density at radius 3 is 2.53 bits per heavy atom. The van der Waals surface area contributed by atoms with Crippen molar-refractivity contribution in [3.05, 3.63) is 65.9 Å². The Bertz CT molecular complexity index is 1030. The second-order valence-electron chi connectivity index (χ2n) is 8.09. The van der Waals surface area contributed by atoms with E-state index in [1.54, 1.807) is 17.6 Å². The van der Waals surface area contributed by atoms with Crippen LogP contribution in [0.3, 0.4) is 0 Å². The molecule has 0 atom stereocenters. The van der Waals surface area contributed by atoms with E-state index in [0.717, 1.165) is 34.5 Å². The second-order valence-corrected chi connectivity index (χ2v) is 8.09. The van der Waals surface area contributed by atoms with Crippen molar-refractivity contribution in [2.45, 2.75) is 45.1 Å². The summed E-state index contributed by atoms with van der Waals surface area (Å²) in [5.74, 6) is 0.275. The first-order chi connectivity index (χ1) is 14.6. The fraction of sp³-hybridized carbons (Fsp3) is 0.333. The highest BCUT2D eigenvalue weighted by atomic mass is 16.5. The van der Waals surface area contributed by atoms with Gasteiger partial charge < -0.3 is 9.88 Å². The van der Waals surface area contributed by atoms with Crippen LogP contribution in [0.25, 0.3) is 10.9 Å². The van der Waals surface area contributed by atoms with Crippen LogP contribution in [0.5, 0.6) is 0 Å². The van der Waals surface area contributed by atoms with Gasteiger partial charge in [0.15, 0.2) is 0 Å². The fourth-order valence-corrected chi connectivity index (χ4v) is 4.28. The number of hydroxylamine groups is 1. The number of fused-ring (bicyclic) bond motifs is 1. The Kier molecular flexibility index (Phi) is 6.14. The average Bonchev–Trinajstić information content (AvgIpc) is 3.43. The normalized spacial score (nSPS) is 14.2. The Morgan fingerprint density at radius 2 is 1.80 bits per heavy atom. The molecule has 3 N–H and O–H groups in total. The van der Waals surface area contributed by atoms with Gasteiger partial charge in [0.1, 0.15) is 0 Å². The number of carbonyl (C=O) groups excluding carboxylic acids is 2. The lowest BCUT2D eigenvalue weighted by molar-refractivity contribution is -0.116. The monoisotopic (exact) mass is 405 g/mol. The molecule has 6 nitrogen and oxygen atoms in total. The number of nitrogens with one attached hydrogen (secondary N) is 2. The molecule has 3 aromatic rings. The van der Waals surface area contributed by atoms with Gasteiger partial charge in [-0.1, -0.05) is 43.9 Å². The van der Waals surface area contributed by atoms with Crippen LogP contribution < -0.4 is 10.8 Å². The van der Waals surface area contributed by atoms with Gasteiger partial charge in [0.05, 0.1) is 0 Å². The Labute approximate surface area is 175 Å². The summed E-state index contributed by atoms with van der Waals surface area (Å²) >= 11 is 0. The maximum absolute atomic E-state index is 12.2. The maximum atomic E-state index is 12.2. The fourth-order valence-electron chi connectivity index (χ4n) is 4.28. The van der Waals surface area contributed by atoms with E-state index in [2.05, 4.69) is 9.88 Å². The summed E-state index contributed by atoms with van der Waals surface area (Å²) in [5.41, 5.74) is 4.90. The number of benzene rings is 2. The van der Waals surface area contributed by atoms with Gasteiger partial charge in [0.25, 0.3) is 5.91 Å². The molecule has 1 aliphatic carbocycles. The highest BCUT2D eigenvalue weighted by Crippen LogP contribution is 2.28. The minimum Gasteiger partial charge on any atom is -0.343 e. The molecule has 156 valence electrons. The number of amides is 2. The van der Waals surface area contributed by atoms with Crippen molar-refractivity contribution < 1.29 is 14.8 Å². The molecule has 0 unspecified atom stereocenters. The van der Waals surface area contributed by atoms with Crippen molar-refractivity contribution >= 4 is 28.4 Å². The number of hydrogen-bond acceptors (Lipinski definition) is 3. The number of nitrogens with zero attached hydrogens (tertiary/aromatic N) is 1. The summed E-state index contributed by atoms with van der Waals surface area (Å²) in [5, 5.41) is 12.9. The van der Waals surface area contributed by atoms with Crippen LogP contribution in [0, 0.1) is 5.92 Å². The first kappa shape index (κ1) is 20.2. The van der Waals surface area contributed by atoms with E-state index in [4.69, 9.17) is 5.21 Å². The molecule has 2 aromatic carbocycles. The van der Waals surface area contributed by atoms with Crippen molar-refractivity contribution in [2.75, 3.05) is 5.32 Å². The van der Waals surface area contributed by atoms with Crippen molar-refractivity contribution in [1.29, 1.82) is 0 Å². The van der Waals surface area contributed by atoms with Gasteiger partial charge in [-0.05, 0) is 53.6 Å². The SMILES string of the molecule is O=C(CCC1CCCC1)Nc1ccc(Cn2ccc3ccc(C(=O)NO)cc32)cc1. The van der Waals surface area contributed by atoms with Gasteiger partial charge in [0, 0.05) is 35.9 Å². The molecule has 4 rings (SSSR count). The van der Waals surface area contributed by atoms with Crippen molar-refractivity contribution in [1.82, 2.24) is 10.0 Å².